The smallest absolute Gasteiger partial charge is 0.410 e. The number of halogens is 1. The monoisotopic (exact) mass is 311 g/mol. The van der Waals surface area contributed by atoms with Crippen LogP contribution in [0.3, 0.4) is 0 Å². The molecule has 5 heteroatoms. The van der Waals surface area contributed by atoms with Crippen LogP contribution in [0.1, 0.15) is 38.7 Å². The molecule has 0 radical (unpaired) electrons. The van der Waals surface area contributed by atoms with Crippen LogP contribution in [-0.4, -0.2) is 36.8 Å². The Balaban J connectivity index is 2.09. The van der Waals surface area contributed by atoms with E-state index in [0.29, 0.717) is 23.9 Å². The molecule has 0 N–H and O–H groups in total. The predicted molar refractivity (Wildman–Crippen MR) is 83.2 cm³/mol. The third-order valence-corrected chi connectivity index (χ3v) is 3.78. The van der Waals surface area contributed by atoms with Gasteiger partial charge >= 0.3 is 6.09 Å². The second-order valence-corrected chi connectivity index (χ2v) is 6.68. The van der Waals surface area contributed by atoms with Gasteiger partial charge < -0.3 is 14.4 Å². The lowest BCUT2D eigenvalue weighted by Gasteiger charge is -2.24. The van der Waals surface area contributed by atoms with Crippen LogP contribution in [0.5, 0.6) is 5.75 Å². The summed E-state index contributed by atoms with van der Waals surface area (Å²) in [5, 5.41) is 0.603. The van der Waals surface area contributed by atoms with Crippen LogP contribution in [0.25, 0.3) is 0 Å². The van der Waals surface area contributed by atoms with Crippen molar-refractivity contribution in [3.63, 3.8) is 0 Å². The van der Waals surface area contributed by atoms with Gasteiger partial charge in [0.1, 0.15) is 11.4 Å². The van der Waals surface area contributed by atoms with Crippen molar-refractivity contribution in [2.45, 2.75) is 38.7 Å². The molecule has 2 rings (SSSR count). The molecule has 21 heavy (non-hydrogen) atoms. The van der Waals surface area contributed by atoms with E-state index in [1.807, 2.05) is 39.0 Å². The summed E-state index contributed by atoms with van der Waals surface area (Å²) in [4.78, 5) is 13.9. The Hall–Kier alpha value is -1.42. The summed E-state index contributed by atoms with van der Waals surface area (Å²) in [5.74, 6) is 0.932. The van der Waals surface area contributed by atoms with E-state index in [1.54, 1.807) is 12.0 Å². The van der Waals surface area contributed by atoms with Crippen molar-refractivity contribution in [1.29, 1.82) is 0 Å². The number of methoxy groups -OCH3 is 1. The number of ether oxygens (including phenoxy) is 2. The minimum absolute atomic E-state index is 0.228. The van der Waals surface area contributed by atoms with Crippen molar-refractivity contribution in [3.05, 3.63) is 28.8 Å². The number of amides is 1. The van der Waals surface area contributed by atoms with E-state index < -0.39 is 5.60 Å². The van der Waals surface area contributed by atoms with Gasteiger partial charge in [0.15, 0.2) is 0 Å². The third kappa shape index (κ3) is 3.82. The average molecular weight is 312 g/mol. The SMILES string of the molecule is COc1c(Cl)cccc1C1CCN(C(=O)OC(C)(C)C)C1. The van der Waals surface area contributed by atoms with E-state index in [2.05, 4.69) is 0 Å². The van der Waals surface area contributed by atoms with E-state index in [1.165, 1.54) is 0 Å². The topological polar surface area (TPSA) is 38.8 Å². The summed E-state index contributed by atoms with van der Waals surface area (Å²) in [6, 6.07) is 5.73. The van der Waals surface area contributed by atoms with E-state index in [0.717, 1.165) is 12.0 Å². The van der Waals surface area contributed by atoms with Crippen LogP contribution in [0, 0.1) is 0 Å². The zero-order valence-electron chi connectivity index (χ0n) is 13.0. The lowest BCUT2D eigenvalue weighted by atomic mass is 9.97. The molecular formula is C16H22ClNO3. The Morgan fingerprint density at radius 3 is 2.71 bits per heavy atom. The quantitative estimate of drug-likeness (QED) is 0.826. The molecule has 1 saturated heterocycles. The Kier molecular flexibility index (Phi) is 4.67. The van der Waals surface area contributed by atoms with E-state index in [-0.39, 0.29) is 12.0 Å². The molecule has 1 aliphatic heterocycles. The number of carbonyl (C=O) groups is 1. The summed E-state index contributed by atoms with van der Waals surface area (Å²) in [6.07, 6.45) is 0.627. The molecule has 4 nitrogen and oxygen atoms in total. The molecular weight excluding hydrogens is 290 g/mol. The number of hydrogen-bond acceptors (Lipinski definition) is 3. The van der Waals surface area contributed by atoms with E-state index in [9.17, 15) is 4.79 Å². The van der Waals surface area contributed by atoms with Crippen molar-refractivity contribution in [2.24, 2.45) is 0 Å². The van der Waals surface area contributed by atoms with Gasteiger partial charge in [-0.15, -0.1) is 0 Å². The lowest BCUT2D eigenvalue weighted by molar-refractivity contribution is 0.0292. The fourth-order valence-corrected chi connectivity index (χ4v) is 2.83. The third-order valence-electron chi connectivity index (χ3n) is 3.48. The molecule has 1 amide bonds. The van der Waals surface area contributed by atoms with Crippen molar-refractivity contribution in [3.8, 4) is 5.75 Å². The summed E-state index contributed by atoms with van der Waals surface area (Å²) in [6.45, 7) is 6.94. The number of nitrogens with zero attached hydrogens (tertiary/aromatic N) is 1. The fraction of sp³-hybridized carbons (Fsp3) is 0.562. The first-order valence-electron chi connectivity index (χ1n) is 7.12. The van der Waals surface area contributed by atoms with Crippen molar-refractivity contribution in [2.75, 3.05) is 20.2 Å². The molecule has 0 saturated carbocycles. The normalized spacial score (nSPS) is 18.7. The molecule has 1 aliphatic rings. The van der Waals surface area contributed by atoms with Crippen LogP contribution >= 0.6 is 11.6 Å². The molecule has 116 valence electrons. The highest BCUT2D eigenvalue weighted by Crippen LogP contribution is 2.37. The van der Waals surface area contributed by atoms with Crippen molar-refractivity contribution >= 4 is 17.7 Å². The minimum atomic E-state index is -0.469. The Morgan fingerprint density at radius 2 is 2.10 bits per heavy atom. The average Bonchev–Trinajstić information content (AvgIpc) is 2.86. The number of hydrogen-bond donors (Lipinski definition) is 0. The summed E-state index contributed by atoms with van der Waals surface area (Å²) < 4.78 is 10.8. The standard InChI is InChI=1S/C16H22ClNO3/c1-16(2,3)21-15(19)18-9-8-11(10-18)12-6-5-7-13(17)14(12)20-4/h5-7,11H,8-10H2,1-4H3. The van der Waals surface area contributed by atoms with Gasteiger partial charge in [0.25, 0.3) is 0 Å². The number of carbonyl (C=O) groups excluding carboxylic acids is 1. The minimum Gasteiger partial charge on any atom is -0.495 e. The second kappa shape index (κ2) is 6.14. The lowest BCUT2D eigenvalue weighted by Crippen LogP contribution is -2.35. The van der Waals surface area contributed by atoms with Crippen LogP contribution in [0.4, 0.5) is 4.79 Å². The van der Waals surface area contributed by atoms with Crippen LogP contribution in [0.15, 0.2) is 18.2 Å². The first-order chi connectivity index (χ1) is 9.81. The van der Waals surface area contributed by atoms with E-state index >= 15 is 0 Å². The zero-order chi connectivity index (χ0) is 15.6. The van der Waals surface area contributed by atoms with Crippen LogP contribution in [0.2, 0.25) is 5.02 Å². The number of rotatable bonds is 2. The molecule has 0 spiro atoms. The first-order valence-corrected chi connectivity index (χ1v) is 7.50. The number of likely N-dealkylation sites (tertiary alicyclic amines) is 1. The summed E-state index contributed by atoms with van der Waals surface area (Å²) >= 11 is 6.16. The van der Waals surface area contributed by atoms with Gasteiger partial charge in [-0.25, -0.2) is 4.79 Å². The Labute approximate surface area is 131 Å². The van der Waals surface area contributed by atoms with Crippen LogP contribution < -0.4 is 4.74 Å². The van der Waals surface area contributed by atoms with Gasteiger partial charge in [-0.05, 0) is 33.3 Å². The molecule has 1 fully saturated rings. The molecule has 0 aliphatic carbocycles. The molecule has 1 heterocycles. The first kappa shape index (κ1) is 16.0. The maximum atomic E-state index is 12.1. The largest absolute Gasteiger partial charge is 0.495 e. The number of para-hydroxylation sites is 1. The maximum Gasteiger partial charge on any atom is 0.410 e. The molecule has 1 unspecified atom stereocenters. The molecule has 1 aromatic rings. The highest BCUT2D eigenvalue weighted by molar-refractivity contribution is 6.32. The van der Waals surface area contributed by atoms with Gasteiger partial charge in [0, 0.05) is 24.6 Å². The Bertz CT molecular complexity index is 525. The second-order valence-electron chi connectivity index (χ2n) is 6.27. The fourth-order valence-electron chi connectivity index (χ4n) is 2.57. The number of benzene rings is 1. The predicted octanol–water partition coefficient (Wildman–Crippen LogP) is 4.07. The van der Waals surface area contributed by atoms with Gasteiger partial charge in [-0.2, -0.15) is 0 Å². The van der Waals surface area contributed by atoms with Gasteiger partial charge in [-0.1, -0.05) is 23.7 Å². The highest BCUT2D eigenvalue weighted by Gasteiger charge is 2.32. The van der Waals surface area contributed by atoms with Gasteiger partial charge in [-0.3, -0.25) is 0 Å². The zero-order valence-corrected chi connectivity index (χ0v) is 13.7. The highest BCUT2D eigenvalue weighted by atomic mass is 35.5. The molecule has 1 atom stereocenters. The maximum absolute atomic E-state index is 12.1. The summed E-state index contributed by atoms with van der Waals surface area (Å²) in [7, 11) is 1.62. The van der Waals surface area contributed by atoms with Gasteiger partial charge in [0.2, 0.25) is 0 Å². The van der Waals surface area contributed by atoms with E-state index in [4.69, 9.17) is 21.1 Å². The summed E-state index contributed by atoms with van der Waals surface area (Å²) in [5.41, 5.74) is 0.583. The molecule has 1 aromatic carbocycles. The van der Waals surface area contributed by atoms with Crippen molar-refractivity contribution < 1.29 is 14.3 Å². The van der Waals surface area contributed by atoms with Crippen LogP contribution in [-0.2, 0) is 4.74 Å². The molecule has 0 aromatic heterocycles. The van der Waals surface area contributed by atoms with Crippen molar-refractivity contribution in [1.82, 2.24) is 4.90 Å². The van der Waals surface area contributed by atoms with Gasteiger partial charge in [0.05, 0.1) is 12.1 Å². The Morgan fingerprint density at radius 1 is 1.38 bits per heavy atom. The molecule has 0 bridgehead atoms.